The van der Waals surface area contributed by atoms with Crippen molar-refractivity contribution in [2.75, 3.05) is 5.32 Å². The van der Waals surface area contributed by atoms with Crippen molar-refractivity contribution in [1.82, 2.24) is 5.32 Å². The van der Waals surface area contributed by atoms with E-state index >= 15 is 0 Å². The third-order valence-corrected chi connectivity index (χ3v) is 3.65. The lowest BCUT2D eigenvalue weighted by Gasteiger charge is -2.09. The molecule has 2 rings (SSSR count). The zero-order valence-electron chi connectivity index (χ0n) is 11.2. The Hall–Kier alpha value is -1.26. The van der Waals surface area contributed by atoms with Crippen LogP contribution in [0.1, 0.15) is 20.3 Å². The summed E-state index contributed by atoms with van der Waals surface area (Å²) < 4.78 is 0. The highest BCUT2D eigenvalue weighted by atomic mass is 35.5. The molecular weight excluding hydrogens is 299 g/mol. The molecule has 1 aromatic carbocycles. The highest BCUT2D eigenvalue weighted by Crippen LogP contribution is 2.40. The number of anilines is 1. The molecule has 1 aromatic rings. The van der Waals surface area contributed by atoms with Gasteiger partial charge in [-0.3, -0.25) is 9.59 Å². The van der Waals surface area contributed by atoms with Gasteiger partial charge in [0.2, 0.25) is 11.8 Å². The Kier molecular flexibility index (Phi) is 4.55. The fourth-order valence-corrected chi connectivity index (χ4v) is 2.32. The van der Waals surface area contributed by atoms with E-state index in [1.54, 1.807) is 18.2 Å². The molecular formula is C14H16Cl2N2O2. The molecule has 1 saturated carbocycles. The molecule has 1 aliphatic rings. The van der Waals surface area contributed by atoms with Gasteiger partial charge in [0.15, 0.2) is 0 Å². The summed E-state index contributed by atoms with van der Waals surface area (Å²) in [6.07, 6.45) is 0.572. The molecule has 2 amide bonds. The predicted molar refractivity (Wildman–Crippen MR) is 80.0 cm³/mol. The first kappa shape index (κ1) is 15.1. The molecule has 2 atom stereocenters. The monoisotopic (exact) mass is 314 g/mol. The smallest absolute Gasteiger partial charge is 0.228 e. The van der Waals surface area contributed by atoms with Gasteiger partial charge in [0.05, 0.1) is 22.5 Å². The lowest BCUT2D eigenvalue weighted by molar-refractivity contribution is -0.125. The maximum Gasteiger partial charge on any atom is 0.228 e. The van der Waals surface area contributed by atoms with Crippen LogP contribution in [0.25, 0.3) is 0 Å². The quantitative estimate of drug-likeness (QED) is 0.897. The maximum absolute atomic E-state index is 12.0. The van der Waals surface area contributed by atoms with Crippen LogP contribution in [-0.4, -0.2) is 17.9 Å². The fourth-order valence-electron chi connectivity index (χ4n) is 1.98. The van der Waals surface area contributed by atoms with Gasteiger partial charge in [-0.1, -0.05) is 23.2 Å². The Bertz CT molecular complexity index is 546. The summed E-state index contributed by atoms with van der Waals surface area (Å²) in [5.74, 6) is -0.797. The zero-order valence-corrected chi connectivity index (χ0v) is 12.8. The van der Waals surface area contributed by atoms with Crippen LogP contribution in [0, 0.1) is 11.8 Å². The number of amides is 2. The number of hydrogen-bond donors (Lipinski definition) is 2. The fraction of sp³-hybridized carbons (Fsp3) is 0.429. The van der Waals surface area contributed by atoms with E-state index in [9.17, 15) is 9.59 Å². The molecule has 2 N–H and O–H groups in total. The minimum atomic E-state index is -0.288. The number of hydrogen-bond acceptors (Lipinski definition) is 2. The molecule has 20 heavy (non-hydrogen) atoms. The molecule has 0 aliphatic heterocycles. The third kappa shape index (κ3) is 3.64. The average molecular weight is 315 g/mol. The van der Waals surface area contributed by atoms with E-state index < -0.39 is 0 Å². The Morgan fingerprint density at radius 2 is 1.85 bits per heavy atom. The second kappa shape index (κ2) is 6.02. The molecule has 0 spiro atoms. The molecule has 0 bridgehead atoms. The molecule has 6 heteroatoms. The molecule has 0 aromatic heterocycles. The van der Waals surface area contributed by atoms with E-state index in [4.69, 9.17) is 23.2 Å². The van der Waals surface area contributed by atoms with Crippen molar-refractivity contribution in [3.05, 3.63) is 28.2 Å². The van der Waals surface area contributed by atoms with Crippen molar-refractivity contribution in [2.24, 2.45) is 11.8 Å². The molecule has 0 heterocycles. The lowest BCUT2D eigenvalue weighted by Crippen LogP contribution is -2.32. The van der Waals surface area contributed by atoms with E-state index in [1.807, 2.05) is 13.8 Å². The van der Waals surface area contributed by atoms with E-state index in [0.29, 0.717) is 22.2 Å². The van der Waals surface area contributed by atoms with Crippen molar-refractivity contribution in [3.63, 3.8) is 0 Å². The van der Waals surface area contributed by atoms with E-state index in [1.165, 1.54) is 0 Å². The second-order valence-electron chi connectivity index (χ2n) is 5.23. The number of carbonyl (C=O) groups is 2. The third-order valence-electron chi connectivity index (χ3n) is 3.08. The van der Waals surface area contributed by atoms with Crippen LogP contribution in [0.15, 0.2) is 18.2 Å². The van der Waals surface area contributed by atoms with Crippen molar-refractivity contribution in [3.8, 4) is 0 Å². The molecule has 108 valence electrons. The van der Waals surface area contributed by atoms with Crippen LogP contribution in [0.3, 0.4) is 0 Å². The Morgan fingerprint density at radius 3 is 2.50 bits per heavy atom. The van der Waals surface area contributed by atoms with Gasteiger partial charge in [-0.05, 0) is 38.5 Å². The van der Waals surface area contributed by atoms with Crippen molar-refractivity contribution in [1.29, 1.82) is 0 Å². The highest BCUT2D eigenvalue weighted by Gasteiger charge is 2.48. The zero-order chi connectivity index (χ0) is 14.9. The lowest BCUT2D eigenvalue weighted by atomic mass is 10.2. The topological polar surface area (TPSA) is 58.2 Å². The van der Waals surface area contributed by atoms with Crippen molar-refractivity contribution in [2.45, 2.75) is 26.3 Å². The van der Waals surface area contributed by atoms with Gasteiger partial charge < -0.3 is 10.6 Å². The van der Waals surface area contributed by atoms with E-state index in [2.05, 4.69) is 10.6 Å². The molecule has 1 fully saturated rings. The number of benzene rings is 1. The first-order valence-electron chi connectivity index (χ1n) is 6.44. The van der Waals surface area contributed by atoms with Crippen molar-refractivity contribution >= 4 is 40.7 Å². The summed E-state index contributed by atoms with van der Waals surface area (Å²) in [7, 11) is 0. The van der Waals surface area contributed by atoms with Crippen molar-refractivity contribution < 1.29 is 9.59 Å². The van der Waals surface area contributed by atoms with Crippen LogP contribution < -0.4 is 10.6 Å². The number of halogens is 2. The second-order valence-corrected chi connectivity index (χ2v) is 6.07. The Labute approximate surface area is 127 Å². The molecule has 4 nitrogen and oxygen atoms in total. The number of carbonyl (C=O) groups excluding carboxylic acids is 2. The van der Waals surface area contributed by atoms with Gasteiger partial charge in [-0.2, -0.15) is 0 Å². The van der Waals surface area contributed by atoms with Crippen LogP contribution in [0.4, 0.5) is 5.69 Å². The minimum absolute atomic E-state index is 0.0719. The molecule has 1 aliphatic carbocycles. The number of rotatable bonds is 4. The largest absolute Gasteiger partial charge is 0.354 e. The summed E-state index contributed by atoms with van der Waals surface area (Å²) >= 11 is 11.8. The number of nitrogens with one attached hydrogen (secondary N) is 2. The Balaban J connectivity index is 1.94. The van der Waals surface area contributed by atoms with Crippen LogP contribution in [0.5, 0.6) is 0 Å². The summed E-state index contributed by atoms with van der Waals surface area (Å²) in [6.45, 7) is 3.78. The first-order valence-corrected chi connectivity index (χ1v) is 7.20. The average Bonchev–Trinajstić information content (AvgIpc) is 3.13. The van der Waals surface area contributed by atoms with Gasteiger partial charge in [0, 0.05) is 11.1 Å². The van der Waals surface area contributed by atoms with Gasteiger partial charge >= 0.3 is 0 Å². The van der Waals surface area contributed by atoms with Gasteiger partial charge in [-0.15, -0.1) is 0 Å². The molecule has 2 unspecified atom stereocenters. The molecule has 0 radical (unpaired) electrons. The van der Waals surface area contributed by atoms with Gasteiger partial charge in [0.25, 0.3) is 0 Å². The van der Waals surface area contributed by atoms with Crippen LogP contribution in [-0.2, 0) is 9.59 Å². The standard InChI is InChI=1S/C14H16Cl2N2O2/c1-7(2)17-13(19)9-6-10(9)14(20)18-12-5-8(15)3-4-11(12)16/h3-5,7,9-10H,6H2,1-2H3,(H,17,19)(H,18,20). The normalized spacial score (nSPS) is 20.6. The summed E-state index contributed by atoms with van der Waals surface area (Å²) in [5.41, 5.74) is 0.471. The van der Waals surface area contributed by atoms with E-state index in [-0.39, 0.29) is 29.7 Å². The highest BCUT2D eigenvalue weighted by molar-refractivity contribution is 6.35. The Morgan fingerprint density at radius 1 is 1.20 bits per heavy atom. The maximum atomic E-state index is 12.0. The van der Waals surface area contributed by atoms with E-state index in [0.717, 1.165) is 0 Å². The summed E-state index contributed by atoms with van der Waals surface area (Å²) in [4.78, 5) is 23.8. The summed E-state index contributed by atoms with van der Waals surface area (Å²) in [6, 6.07) is 4.94. The first-order chi connectivity index (χ1) is 9.38. The van der Waals surface area contributed by atoms with Gasteiger partial charge in [-0.25, -0.2) is 0 Å². The van der Waals surface area contributed by atoms with Gasteiger partial charge in [0.1, 0.15) is 0 Å². The minimum Gasteiger partial charge on any atom is -0.354 e. The SMILES string of the molecule is CC(C)NC(=O)C1CC1C(=O)Nc1cc(Cl)ccc1Cl. The summed E-state index contributed by atoms with van der Waals surface area (Å²) in [5, 5.41) is 6.44. The van der Waals surface area contributed by atoms with Crippen LogP contribution in [0.2, 0.25) is 10.0 Å². The predicted octanol–water partition coefficient (Wildman–Crippen LogP) is 3.09. The molecule has 0 saturated heterocycles. The van der Waals surface area contributed by atoms with Crippen LogP contribution >= 0.6 is 23.2 Å².